The summed E-state index contributed by atoms with van der Waals surface area (Å²) in [6.07, 6.45) is 3.09. The Kier molecular flexibility index (Phi) is 8.15. The summed E-state index contributed by atoms with van der Waals surface area (Å²) in [5, 5.41) is 12.6. The molecule has 0 saturated carbocycles. The highest BCUT2D eigenvalue weighted by atomic mass is 35.5. The van der Waals surface area contributed by atoms with Gasteiger partial charge in [0.15, 0.2) is 10.9 Å². The molecular formula is C26H26ClN5O4S2. The molecule has 38 heavy (non-hydrogen) atoms. The first-order valence-corrected chi connectivity index (χ1v) is 14.5. The van der Waals surface area contributed by atoms with E-state index in [0.717, 1.165) is 29.1 Å². The maximum absolute atomic E-state index is 13.1. The normalized spacial score (nSPS) is 15.6. The predicted octanol–water partition coefficient (Wildman–Crippen LogP) is 5.65. The number of rotatable bonds is 8. The number of esters is 1. The Bertz CT molecular complexity index is 1440. The summed E-state index contributed by atoms with van der Waals surface area (Å²) in [4.78, 5) is 31.6. The fraction of sp³-hybridized carbons (Fsp3) is 0.346. The highest BCUT2D eigenvalue weighted by Gasteiger charge is 2.30. The lowest BCUT2D eigenvalue weighted by Gasteiger charge is -2.31. The third-order valence-corrected chi connectivity index (χ3v) is 8.42. The first-order valence-electron chi connectivity index (χ1n) is 12.2. The van der Waals surface area contributed by atoms with Gasteiger partial charge in [-0.05, 0) is 56.5 Å². The van der Waals surface area contributed by atoms with Crippen molar-refractivity contribution in [2.75, 3.05) is 19.7 Å². The van der Waals surface area contributed by atoms with Crippen LogP contribution in [0.25, 0.3) is 17.3 Å². The third kappa shape index (κ3) is 5.64. The van der Waals surface area contributed by atoms with Gasteiger partial charge in [-0.1, -0.05) is 29.4 Å². The number of nitrogens with zero attached hydrogens (tertiary/aromatic N) is 5. The first kappa shape index (κ1) is 26.5. The monoisotopic (exact) mass is 571 g/mol. The molecule has 198 valence electrons. The first-order chi connectivity index (χ1) is 18.4. The topological polar surface area (TPSA) is 103 Å². The molecule has 12 heteroatoms. The number of piperidine rings is 1. The molecule has 1 fully saturated rings. The van der Waals surface area contributed by atoms with E-state index in [9.17, 15) is 9.59 Å². The highest BCUT2D eigenvalue weighted by Crippen LogP contribution is 2.33. The molecule has 1 aliphatic heterocycles. The number of thioether (sulfide) groups is 1. The molecule has 1 atom stereocenters. The van der Waals surface area contributed by atoms with Crippen molar-refractivity contribution < 1.29 is 18.7 Å². The fourth-order valence-corrected chi connectivity index (χ4v) is 6.24. The van der Waals surface area contributed by atoms with Crippen LogP contribution in [0.4, 0.5) is 0 Å². The number of aryl methyl sites for hydroxylation is 1. The number of thiazole rings is 1. The number of carbonyl (C=O) groups excluding carboxylic acids is 2. The summed E-state index contributed by atoms with van der Waals surface area (Å²) >= 11 is 9.20. The van der Waals surface area contributed by atoms with Crippen LogP contribution < -0.4 is 0 Å². The van der Waals surface area contributed by atoms with E-state index in [0.29, 0.717) is 52.9 Å². The van der Waals surface area contributed by atoms with E-state index in [1.165, 1.54) is 23.1 Å². The third-order valence-electron chi connectivity index (χ3n) is 6.21. The maximum Gasteiger partial charge on any atom is 0.310 e. The molecule has 0 bridgehead atoms. The largest absolute Gasteiger partial charge is 0.466 e. The van der Waals surface area contributed by atoms with Gasteiger partial charge in [-0.3, -0.25) is 14.2 Å². The zero-order valence-corrected chi connectivity index (χ0v) is 23.3. The van der Waals surface area contributed by atoms with Gasteiger partial charge in [0.1, 0.15) is 10.7 Å². The van der Waals surface area contributed by atoms with Crippen LogP contribution in [0.5, 0.6) is 0 Å². The van der Waals surface area contributed by atoms with Crippen molar-refractivity contribution >= 4 is 46.6 Å². The van der Waals surface area contributed by atoms with Crippen LogP contribution in [-0.4, -0.2) is 56.2 Å². The number of carbonyl (C=O) groups is 2. The zero-order valence-electron chi connectivity index (χ0n) is 20.9. The van der Waals surface area contributed by atoms with Gasteiger partial charge >= 0.3 is 5.97 Å². The number of halogens is 1. The summed E-state index contributed by atoms with van der Waals surface area (Å²) in [7, 11) is 0. The van der Waals surface area contributed by atoms with Gasteiger partial charge in [0, 0.05) is 23.5 Å². The lowest BCUT2D eigenvalue weighted by atomic mass is 9.98. The average molecular weight is 572 g/mol. The quantitative estimate of drug-likeness (QED) is 0.197. The Morgan fingerprint density at radius 3 is 2.95 bits per heavy atom. The Labute approximate surface area is 233 Å². The van der Waals surface area contributed by atoms with E-state index in [-0.39, 0.29) is 17.8 Å². The van der Waals surface area contributed by atoms with Crippen LogP contribution in [0.3, 0.4) is 0 Å². The lowest BCUT2D eigenvalue weighted by molar-refractivity contribution is -0.149. The van der Waals surface area contributed by atoms with E-state index < -0.39 is 0 Å². The van der Waals surface area contributed by atoms with Crippen LogP contribution in [-0.2, 0) is 15.3 Å². The predicted molar refractivity (Wildman–Crippen MR) is 146 cm³/mol. The lowest BCUT2D eigenvalue weighted by Crippen LogP contribution is -2.43. The van der Waals surface area contributed by atoms with E-state index in [1.807, 2.05) is 35.8 Å². The highest BCUT2D eigenvalue weighted by molar-refractivity contribution is 7.98. The number of aromatic nitrogens is 4. The number of benzene rings is 1. The van der Waals surface area contributed by atoms with E-state index in [2.05, 4.69) is 15.2 Å². The molecule has 1 aliphatic rings. The van der Waals surface area contributed by atoms with Crippen molar-refractivity contribution in [3.05, 3.63) is 63.3 Å². The van der Waals surface area contributed by atoms with Crippen molar-refractivity contribution in [1.82, 2.24) is 24.6 Å². The Balaban J connectivity index is 1.33. The van der Waals surface area contributed by atoms with Crippen LogP contribution in [0.15, 0.2) is 51.5 Å². The van der Waals surface area contributed by atoms with Crippen molar-refractivity contribution in [3.63, 3.8) is 0 Å². The number of hydrogen-bond donors (Lipinski definition) is 0. The van der Waals surface area contributed by atoms with Gasteiger partial charge < -0.3 is 14.1 Å². The van der Waals surface area contributed by atoms with Crippen LogP contribution in [0.1, 0.15) is 40.8 Å². The minimum atomic E-state index is -0.286. The molecule has 4 aromatic rings. The molecule has 4 heterocycles. The van der Waals surface area contributed by atoms with E-state index in [4.69, 9.17) is 20.8 Å². The molecular weight excluding hydrogens is 546 g/mol. The molecule has 5 rings (SSSR count). The molecule has 1 amide bonds. The Morgan fingerprint density at radius 1 is 1.29 bits per heavy atom. The van der Waals surface area contributed by atoms with Crippen LogP contribution in [0.2, 0.25) is 5.02 Å². The van der Waals surface area contributed by atoms with Crippen molar-refractivity contribution in [2.24, 2.45) is 5.92 Å². The number of hydrogen-bond acceptors (Lipinski definition) is 9. The van der Waals surface area contributed by atoms with Gasteiger partial charge in [0.25, 0.3) is 5.91 Å². The summed E-state index contributed by atoms with van der Waals surface area (Å²) in [6.45, 7) is 5.09. The minimum absolute atomic E-state index is 0.163. The molecule has 0 spiro atoms. The second-order valence-corrected chi connectivity index (χ2v) is 11.1. The van der Waals surface area contributed by atoms with Gasteiger partial charge in [-0.15, -0.1) is 21.5 Å². The SMILES string of the molecule is CCOC(=O)C1CCCN(C(=O)c2csc(CSc3nnc(-c4ccco4)n3-c3cc(Cl)ccc3C)n2)C1. The smallest absolute Gasteiger partial charge is 0.310 e. The molecule has 0 radical (unpaired) electrons. The number of amides is 1. The second kappa shape index (κ2) is 11.7. The molecule has 1 saturated heterocycles. The molecule has 9 nitrogen and oxygen atoms in total. The van der Waals surface area contributed by atoms with Crippen molar-refractivity contribution in [1.29, 1.82) is 0 Å². The van der Waals surface area contributed by atoms with Crippen LogP contribution >= 0.6 is 34.7 Å². The van der Waals surface area contributed by atoms with Gasteiger partial charge in [-0.25, -0.2) is 4.98 Å². The van der Waals surface area contributed by atoms with E-state index in [1.54, 1.807) is 29.5 Å². The van der Waals surface area contributed by atoms with Gasteiger partial charge in [-0.2, -0.15) is 0 Å². The summed E-state index contributed by atoms with van der Waals surface area (Å²) in [5.41, 5.74) is 2.25. The molecule has 1 aromatic carbocycles. The fourth-order valence-electron chi connectivity index (χ4n) is 4.35. The summed E-state index contributed by atoms with van der Waals surface area (Å²) in [6, 6.07) is 9.30. The van der Waals surface area contributed by atoms with Crippen molar-refractivity contribution in [2.45, 2.75) is 37.6 Å². The van der Waals surface area contributed by atoms with E-state index >= 15 is 0 Å². The molecule has 0 N–H and O–H groups in total. The summed E-state index contributed by atoms with van der Waals surface area (Å²) in [5.74, 6) is 0.968. The average Bonchev–Trinajstić information content (AvgIpc) is 3.69. The molecule has 1 unspecified atom stereocenters. The number of furan rings is 1. The Hall–Kier alpha value is -3.15. The molecule has 0 aliphatic carbocycles. The standard InChI is InChI=1S/C26H26ClN5O4S2/c1-3-35-25(34)17-6-4-10-31(13-17)24(33)19-14-37-22(28-19)15-38-26-30-29-23(21-7-5-11-36-21)32(26)20-12-18(27)9-8-16(20)2/h5,7-9,11-12,14,17H,3-4,6,10,13,15H2,1-2H3. The van der Waals surface area contributed by atoms with Crippen molar-refractivity contribution in [3.8, 4) is 17.3 Å². The molecule has 3 aromatic heterocycles. The van der Waals surface area contributed by atoms with Gasteiger partial charge in [0.05, 0.1) is 30.2 Å². The summed E-state index contributed by atoms with van der Waals surface area (Å²) < 4.78 is 12.7. The second-order valence-electron chi connectivity index (χ2n) is 8.81. The minimum Gasteiger partial charge on any atom is -0.466 e. The van der Waals surface area contributed by atoms with Gasteiger partial charge in [0.2, 0.25) is 5.82 Å². The Morgan fingerprint density at radius 2 is 2.16 bits per heavy atom. The van der Waals surface area contributed by atoms with Crippen LogP contribution in [0, 0.1) is 12.8 Å². The number of likely N-dealkylation sites (tertiary alicyclic amines) is 1. The maximum atomic E-state index is 13.1. The number of ether oxygens (including phenoxy) is 1. The zero-order chi connectivity index (χ0) is 26.6.